The lowest BCUT2D eigenvalue weighted by molar-refractivity contribution is -0.118. The Labute approximate surface area is 56.0 Å². The molecule has 0 aromatic rings. The number of carbonyl (C=O) groups excluding carboxylic acids is 1. The average Bonchev–Trinajstić information content (AvgIpc) is 1.80. The fourth-order valence-electron chi connectivity index (χ4n) is 0.511. The van der Waals surface area contributed by atoms with Crippen LogP contribution in [0.25, 0.3) is 0 Å². The van der Waals surface area contributed by atoms with Crippen LogP contribution in [0.15, 0.2) is 12.7 Å². The third-order valence-electron chi connectivity index (χ3n) is 0.959. The zero-order valence-electron chi connectivity index (χ0n) is 5.81. The predicted molar refractivity (Wildman–Crippen MR) is 38.1 cm³/mol. The maximum Gasteiger partial charge on any atom is 0.216 e. The first-order chi connectivity index (χ1) is 4.27. The summed E-state index contributed by atoms with van der Waals surface area (Å²) in [6.45, 7) is 5.85. The van der Waals surface area contributed by atoms with Crippen molar-refractivity contribution in [1.29, 1.82) is 0 Å². The van der Waals surface area contributed by atoms with E-state index in [2.05, 4.69) is 11.9 Å². The number of amides is 1. The van der Waals surface area contributed by atoms with E-state index in [-0.39, 0.29) is 5.91 Å². The molecule has 0 aliphatic heterocycles. The molecule has 0 fully saturated rings. The van der Waals surface area contributed by atoms with Crippen LogP contribution in [0.2, 0.25) is 0 Å². The highest BCUT2D eigenvalue weighted by Crippen LogP contribution is 1.85. The predicted octanol–water partition coefficient (Wildman–Crippen LogP) is 1.09. The first-order valence-electron chi connectivity index (χ1n) is 3.12. The Kier molecular flexibility index (Phi) is 4.88. The van der Waals surface area contributed by atoms with Crippen LogP contribution in [0.1, 0.15) is 19.8 Å². The smallest absolute Gasteiger partial charge is 0.216 e. The first kappa shape index (κ1) is 8.21. The molecule has 0 bridgehead atoms. The van der Waals surface area contributed by atoms with Gasteiger partial charge in [0.05, 0.1) is 0 Å². The minimum atomic E-state index is 0.0408. The number of nitrogens with one attached hydrogen (secondary N) is 1. The number of carbonyl (C=O) groups is 1. The van der Waals surface area contributed by atoms with E-state index in [1.165, 1.54) is 6.92 Å². The van der Waals surface area contributed by atoms with E-state index in [9.17, 15) is 4.79 Å². The van der Waals surface area contributed by atoms with Crippen molar-refractivity contribution in [2.24, 2.45) is 0 Å². The molecule has 0 radical (unpaired) electrons. The Morgan fingerprint density at radius 3 is 2.89 bits per heavy atom. The molecular formula is C7H13NO. The van der Waals surface area contributed by atoms with Crippen LogP contribution in [0.5, 0.6) is 0 Å². The largest absolute Gasteiger partial charge is 0.356 e. The summed E-state index contributed by atoms with van der Waals surface area (Å²) >= 11 is 0. The quantitative estimate of drug-likeness (QED) is 0.444. The van der Waals surface area contributed by atoms with Crippen LogP contribution in [0.3, 0.4) is 0 Å². The number of allylic oxidation sites excluding steroid dienone is 1. The molecule has 0 saturated carbocycles. The van der Waals surface area contributed by atoms with Crippen LogP contribution in [-0.4, -0.2) is 12.5 Å². The Morgan fingerprint density at radius 2 is 2.44 bits per heavy atom. The second-order valence-corrected chi connectivity index (χ2v) is 1.91. The van der Waals surface area contributed by atoms with Gasteiger partial charge in [-0.05, 0) is 12.8 Å². The summed E-state index contributed by atoms with van der Waals surface area (Å²) in [6, 6.07) is 0. The van der Waals surface area contributed by atoms with Crippen molar-refractivity contribution >= 4 is 5.91 Å². The maximum atomic E-state index is 10.3. The fourth-order valence-corrected chi connectivity index (χ4v) is 0.511. The first-order valence-corrected chi connectivity index (χ1v) is 3.12. The van der Waals surface area contributed by atoms with Crippen LogP contribution in [0, 0.1) is 0 Å². The molecule has 0 unspecified atom stereocenters. The lowest BCUT2D eigenvalue weighted by Gasteiger charge is -1.96. The molecule has 2 nitrogen and oxygen atoms in total. The van der Waals surface area contributed by atoms with Gasteiger partial charge in [0.15, 0.2) is 0 Å². The van der Waals surface area contributed by atoms with Crippen molar-refractivity contribution in [3.8, 4) is 0 Å². The van der Waals surface area contributed by atoms with Gasteiger partial charge in [0, 0.05) is 13.5 Å². The molecule has 1 N–H and O–H groups in total. The molecule has 0 atom stereocenters. The lowest BCUT2D eigenvalue weighted by atomic mass is 10.3. The summed E-state index contributed by atoms with van der Waals surface area (Å²) in [4.78, 5) is 10.3. The van der Waals surface area contributed by atoms with E-state index in [1.807, 2.05) is 6.08 Å². The second kappa shape index (κ2) is 5.35. The Bertz CT molecular complexity index is 99.1. The Balaban J connectivity index is 2.91. The molecule has 0 aliphatic carbocycles. The summed E-state index contributed by atoms with van der Waals surface area (Å²) in [5, 5.41) is 2.69. The molecule has 0 aromatic carbocycles. The summed E-state index contributed by atoms with van der Waals surface area (Å²) in [7, 11) is 0. The van der Waals surface area contributed by atoms with E-state index in [1.54, 1.807) is 0 Å². The van der Waals surface area contributed by atoms with Crippen molar-refractivity contribution in [2.75, 3.05) is 6.54 Å². The second-order valence-electron chi connectivity index (χ2n) is 1.91. The number of hydrogen-bond donors (Lipinski definition) is 1. The van der Waals surface area contributed by atoms with Gasteiger partial charge in [-0.2, -0.15) is 0 Å². The number of unbranched alkanes of at least 4 members (excludes halogenated alkanes) is 1. The third kappa shape index (κ3) is 7.21. The van der Waals surface area contributed by atoms with Gasteiger partial charge in [-0.15, -0.1) is 6.58 Å². The molecular weight excluding hydrogens is 114 g/mol. The summed E-state index contributed by atoms with van der Waals surface area (Å²) in [5.74, 6) is 0.0408. The molecule has 0 rings (SSSR count). The Hall–Kier alpha value is -0.790. The molecule has 0 saturated heterocycles. The van der Waals surface area contributed by atoms with Crippen molar-refractivity contribution in [3.05, 3.63) is 12.7 Å². The normalized spacial score (nSPS) is 8.56. The number of rotatable bonds is 4. The van der Waals surface area contributed by atoms with E-state index in [0.717, 1.165) is 19.4 Å². The zero-order chi connectivity index (χ0) is 7.11. The summed E-state index contributed by atoms with van der Waals surface area (Å²) in [6.07, 6.45) is 3.81. The van der Waals surface area contributed by atoms with Gasteiger partial charge < -0.3 is 5.32 Å². The van der Waals surface area contributed by atoms with E-state index in [4.69, 9.17) is 0 Å². The van der Waals surface area contributed by atoms with Crippen molar-refractivity contribution in [3.63, 3.8) is 0 Å². The molecule has 0 spiro atoms. The van der Waals surface area contributed by atoms with Crippen LogP contribution in [0.4, 0.5) is 0 Å². The molecule has 0 aliphatic rings. The average molecular weight is 127 g/mol. The van der Waals surface area contributed by atoms with Gasteiger partial charge in [-0.25, -0.2) is 0 Å². The fraction of sp³-hybridized carbons (Fsp3) is 0.571. The SMILES string of the molecule is C=CCCCNC(C)=O. The lowest BCUT2D eigenvalue weighted by Crippen LogP contribution is -2.20. The molecule has 9 heavy (non-hydrogen) atoms. The molecule has 52 valence electrons. The summed E-state index contributed by atoms with van der Waals surface area (Å²) < 4.78 is 0. The highest BCUT2D eigenvalue weighted by Gasteiger charge is 1.86. The minimum absolute atomic E-state index is 0.0408. The highest BCUT2D eigenvalue weighted by molar-refractivity contribution is 5.72. The van der Waals surface area contributed by atoms with Crippen molar-refractivity contribution in [2.45, 2.75) is 19.8 Å². The van der Waals surface area contributed by atoms with Crippen LogP contribution < -0.4 is 5.32 Å². The van der Waals surface area contributed by atoms with Gasteiger partial charge >= 0.3 is 0 Å². The van der Waals surface area contributed by atoms with Crippen LogP contribution in [-0.2, 0) is 4.79 Å². The van der Waals surface area contributed by atoms with Gasteiger partial charge in [0.2, 0.25) is 5.91 Å². The summed E-state index contributed by atoms with van der Waals surface area (Å²) in [5.41, 5.74) is 0. The topological polar surface area (TPSA) is 29.1 Å². The van der Waals surface area contributed by atoms with Crippen molar-refractivity contribution < 1.29 is 4.79 Å². The van der Waals surface area contributed by atoms with Crippen molar-refractivity contribution in [1.82, 2.24) is 5.32 Å². The molecule has 0 heterocycles. The van der Waals surface area contributed by atoms with Gasteiger partial charge in [0.25, 0.3) is 0 Å². The zero-order valence-corrected chi connectivity index (χ0v) is 5.81. The van der Waals surface area contributed by atoms with Gasteiger partial charge in [0.1, 0.15) is 0 Å². The minimum Gasteiger partial charge on any atom is -0.356 e. The van der Waals surface area contributed by atoms with E-state index in [0.29, 0.717) is 0 Å². The van der Waals surface area contributed by atoms with Gasteiger partial charge in [-0.3, -0.25) is 4.79 Å². The van der Waals surface area contributed by atoms with Crippen LogP contribution >= 0.6 is 0 Å². The maximum absolute atomic E-state index is 10.3. The molecule has 0 aromatic heterocycles. The molecule has 2 heteroatoms. The monoisotopic (exact) mass is 127 g/mol. The molecule has 1 amide bonds. The van der Waals surface area contributed by atoms with E-state index < -0.39 is 0 Å². The third-order valence-corrected chi connectivity index (χ3v) is 0.959. The van der Waals surface area contributed by atoms with Gasteiger partial charge in [-0.1, -0.05) is 6.08 Å². The number of hydrogen-bond acceptors (Lipinski definition) is 1. The highest BCUT2D eigenvalue weighted by atomic mass is 16.1. The van der Waals surface area contributed by atoms with E-state index >= 15 is 0 Å². The Morgan fingerprint density at radius 1 is 1.78 bits per heavy atom. The standard InChI is InChI=1S/C7H13NO/c1-3-4-5-6-8-7(2)9/h3H,1,4-6H2,2H3,(H,8,9).